The predicted molar refractivity (Wildman–Crippen MR) is 104 cm³/mol. The van der Waals surface area contributed by atoms with Crippen molar-refractivity contribution in [3.63, 3.8) is 0 Å². The van der Waals surface area contributed by atoms with Crippen molar-refractivity contribution >= 4 is 17.5 Å². The van der Waals surface area contributed by atoms with Crippen LogP contribution in [-0.2, 0) is 4.79 Å². The van der Waals surface area contributed by atoms with Gasteiger partial charge in [0.1, 0.15) is 13.2 Å². The van der Waals surface area contributed by atoms with Crippen molar-refractivity contribution < 1.29 is 24.0 Å². The van der Waals surface area contributed by atoms with Gasteiger partial charge in [-0.3, -0.25) is 9.59 Å². The average Bonchev–Trinajstić information content (AvgIpc) is 2.74. The molecule has 0 aromatic heterocycles. The number of amides is 2. The van der Waals surface area contributed by atoms with Crippen molar-refractivity contribution in [1.29, 1.82) is 0 Å². The molecule has 0 unspecified atom stereocenters. The number of carbonyl (C=O) groups is 2. The van der Waals surface area contributed by atoms with Gasteiger partial charge >= 0.3 is 0 Å². The first-order valence-electron chi connectivity index (χ1n) is 9.56. The maximum atomic E-state index is 12.5. The maximum absolute atomic E-state index is 12.5. The molecule has 7 heteroatoms. The molecule has 0 atom stereocenters. The summed E-state index contributed by atoms with van der Waals surface area (Å²) in [6, 6.07) is 14.7. The van der Waals surface area contributed by atoms with Crippen LogP contribution in [-0.4, -0.2) is 62.7 Å². The van der Waals surface area contributed by atoms with Gasteiger partial charge in [-0.2, -0.15) is 0 Å². The Morgan fingerprint density at radius 1 is 0.964 bits per heavy atom. The number of fused-ring (bicyclic) bond motifs is 1. The molecule has 0 radical (unpaired) electrons. The minimum atomic E-state index is -0.0467. The van der Waals surface area contributed by atoms with Gasteiger partial charge in [0.25, 0.3) is 11.8 Å². The van der Waals surface area contributed by atoms with E-state index in [0.29, 0.717) is 55.6 Å². The van der Waals surface area contributed by atoms with E-state index in [-0.39, 0.29) is 11.8 Å². The van der Waals surface area contributed by atoms with Crippen LogP contribution in [0.2, 0.25) is 0 Å². The van der Waals surface area contributed by atoms with Crippen molar-refractivity contribution in [3.8, 4) is 11.5 Å². The third-order valence-electron chi connectivity index (χ3n) is 5.01. The zero-order valence-corrected chi connectivity index (χ0v) is 15.6. The summed E-state index contributed by atoms with van der Waals surface area (Å²) in [6.45, 7) is 4.25. The molecule has 0 saturated carbocycles. The SMILES string of the molecule is O=C(C[NH+]1CCN(C(=O)c2ccccc2)CC1)Nc1ccc2c(c1)OCCO2. The number of quaternary nitrogens is 1. The number of carbonyl (C=O) groups excluding carboxylic acids is 2. The quantitative estimate of drug-likeness (QED) is 0.805. The van der Waals surface area contributed by atoms with Crippen molar-refractivity contribution in [2.24, 2.45) is 0 Å². The van der Waals surface area contributed by atoms with Crippen molar-refractivity contribution in [3.05, 3.63) is 54.1 Å². The maximum Gasteiger partial charge on any atom is 0.279 e. The van der Waals surface area contributed by atoms with Crippen LogP contribution in [0.5, 0.6) is 11.5 Å². The van der Waals surface area contributed by atoms with Crippen LogP contribution in [0.25, 0.3) is 0 Å². The van der Waals surface area contributed by atoms with E-state index in [2.05, 4.69) is 5.32 Å². The molecule has 28 heavy (non-hydrogen) atoms. The zero-order chi connectivity index (χ0) is 19.3. The molecular weight excluding hydrogens is 358 g/mol. The summed E-state index contributed by atoms with van der Waals surface area (Å²) in [6.07, 6.45) is 0. The molecule has 7 nitrogen and oxygen atoms in total. The summed E-state index contributed by atoms with van der Waals surface area (Å²) in [4.78, 5) is 27.9. The first kappa shape index (κ1) is 18.3. The number of nitrogens with one attached hydrogen (secondary N) is 2. The van der Waals surface area contributed by atoms with Crippen molar-refractivity contribution in [2.75, 3.05) is 51.3 Å². The molecule has 146 valence electrons. The van der Waals surface area contributed by atoms with Crippen LogP contribution in [0.4, 0.5) is 5.69 Å². The van der Waals surface area contributed by atoms with E-state index >= 15 is 0 Å². The molecule has 2 heterocycles. The second-order valence-electron chi connectivity index (χ2n) is 6.99. The smallest absolute Gasteiger partial charge is 0.279 e. The Kier molecular flexibility index (Phi) is 5.43. The Labute approximate surface area is 163 Å². The number of ether oxygens (including phenoxy) is 2. The molecular formula is C21H24N3O4+. The number of hydrogen-bond acceptors (Lipinski definition) is 4. The summed E-state index contributed by atoms with van der Waals surface area (Å²) in [5.74, 6) is 1.37. The normalized spacial score (nSPS) is 16.5. The Morgan fingerprint density at radius 3 is 2.43 bits per heavy atom. The molecule has 2 aromatic carbocycles. The predicted octanol–water partition coefficient (Wildman–Crippen LogP) is 0.437. The minimum Gasteiger partial charge on any atom is -0.486 e. The fourth-order valence-corrected chi connectivity index (χ4v) is 3.52. The molecule has 2 aromatic rings. The molecule has 0 bridgehead atoms. The summed E-state index contributed by atoms with van der Waals surface area (Å²) in [7, 11) is 0. The van der Waals surface area contributed by atoms with Crippen LogP contribution < -0.4 is 19.7 Å². The molecule has 0 spiro atoms. The minimum absolute atomic E-state index is 0.0467. The highest BCUT2D eigenvalue weighted by Gasteiger charge is 2.26. The Balaban J connectivity index is 1.27. The van der Waals surface area contributed by atoms with E-state index < -0.39 is 0 Å². The molecule has 1 saturated heterocycles. The summed E-state index contributed by atoms with van der Waals surface area (Å²) < 4.78 is 11.0. The number of hydrogen-bond donors (Lipinski definition) is 2. The molecule has 2 N–H and O–H groups in total. The second kappa shape index (κ2) is 8.31. The lowest BCUT2D eigenvalue weighted by atomic mass is 10.2. The molecule has 0 aliphatic carbocycles. The highest BCUT2D eigenvalue weighted by atomic mass is 16.6. The van der Waals surface area contributed by atoms with Gasteiger partial charge in [-0.15, -0.1) is 0 Å². The van der Waals surface area contributed by atoms with Gasteiger partial charge in [0.15, 0.2) is 18.0 Å². The number of piperazine rings is 1. The first-order chi connectivity index (χ1) is 13.7. The van der Waals surface area contributed by atoms with Crippen LogP contribution in [0.15, 0.2) is 48.5 Å². The highest BCUT2D eigenvalue weighted by Crippen LogP contribution is 2.32. The summed E-state index contributed by atoms with van der Waals surface area (Å²) in [5, 5.41) is 2.92. The van der Waals surface area contributed by atoms with Gasteiger partial charge in [-0.05, 0) is 24.3 Å². The fraction of sp³-hybridized carbons (Fsp3) is 0.333. The van der Waals surface area contributed by atoms with Gasteiger partial charge in [0.05, 0.1) is 26.2 Å². The lowest BCUT2D eigenvalue weighted by Crippen LogP contribution is -3.15. The summed E-state index contributed by atoms with van der Waals surface area (Å²) in [5.41, 5.74) is 1.41. The van der Waals surface area contributed by atoms with E-state index in [9.17, 15) is 9.59 Å². The summed E-state index contributed by atoms with van der Waals surface area (Å²) >= 11 is 0. The van der Waals surface area contributed by atoms with Gasteiger partial charge in [-0.1, -0.05) is 18.2 Å². The van der Waals surface area contributed by atoms with Crippen LogP contribution in [0.1, 0.15) is 10.4 Å². The van der Waals surface area contributed by atoms with Gasteiger partial charge in [-0.25, -0.2) is 0 Å². The molecule has 2 aliphatic heterocycles. The second-order valence-corrected chi connectivity index (χ2v) is 6.99. The third-order valence-corrected chi connectivity index (χ3v) is 5.01. The molecule has 4 rings (SSSR count). The Morgan fingerprint density at radius 2 is 1.68 bits per heavy atom. The standard InChI is InChI=1S/C21H23N3O4/c25-20(22-17-6-7-18-19(14-17)28-13-12-27-18)15-23-8-10-24(11-9-23)21(26)16-4-2-1-3-5-16/h1-7,14H,8-13,15H2,(H,22,25)/p+1. The van der Waals surface area contributed by atoms with Crippen molar-refractivity contribution in [1.82, 2.24) is 4.90 Å². The molecule has 1 fully saturated rings. The lowest BCUT2D eigenvalue weighted by Gasteiger charge is -2.32. The molecule has 2 aliphatic rings. The van der Waals surface area contributed by atoms with Crippen LogP contribution in [0.3, 0.4) is 0 Å². The number of nitrogens with zero attached hydrogens (tertiary/aromatic N) is 1. The topological polar surface area (TPSA) is 72.3 Å². The van der Waals surface area contributed by atoms with E-state index in [4.69, 9.17) is 9.47 Å². The monoisotopic (exact) mass is 382 g/mol. The van der Waals surface area contributed by atoms with E-state index in [1.165, 1.54) is 4.90 Å². The van der Waals surface area contributed by atoms with Crippen LogP contribution in [0, 0.1) is 0 Å². The number of anilines is 1. The van der Waals surface area contributed by atoms with Crippen molar-refractivity contribution in [2.45, 2.75) is 0 Å². The highest BCUT2D eigenvalue weighted by molar-refractivity contribution is 5.94. The zero-order valence-electron chi connectivity index (χ0n) is 15.6. The Hall–Kier alpha value is -3.06. The average molecular weight is 382 g/mol. The Bertz CT molecular complexity index is 848. The van der Waals surface area contributed by atoms with E-state index in [1.54, 1.807) is 6.07 Å². The van der Waals surface area contributed by atoms with Crippen LogP contribution >= 0.6 is 0 Å². The van der Waals surface area contributed by atoms with Gasteiger partial charge in [0, 0.05) is 17.3 Å². The first-order valence-corrected chi connectivity index (χ1v) is 9.56. The van der Waals surface area contributed by atoms with E-state index in [0.717, 1.165) is 13.1 Å². The largest absolute Gasteiger partial charge is 0.486 e. The number of benzene rings is 2. The fourth-order valence-electron chi connectivity index (χ4n) is 3.52. The van der Waals surface area contributed by atoms with Gasteiger partial charge < -0.3 is 24.6 Å². The third kappa shape index (κ3) is 4.26. The van der Waals surface area contributed by atoms with E-state index in [1.807, 2.05) is 47.4 Å². The van der Waals surface area contributed by atoms with Gasteiger partial charge in [0.2, 0.25) is 0 Å². The lowest BCUT2D eigenvalue weighted by molar-refractivity contribution is -0.895. The molecule has 2 amide bonds. The number of rotatable bonds is 4.